The van der Waals surface area contributed by atoms with Gasteiger partial charge in [-0.25, -0.2) is 0 Å². The van der Waals surface area contributed by atoms with Crippen LogP contribution in [0.3, 0.4) is 0 Å². The van der Waals surface area contributed by atoms with Crippen molar-refractivity contribution in [3.8, 4) is 11.3 Å². The maximum absolute atomic E-state index is 11.4. The molecule has 1 aliphatic heterocycles. The summed E-state index contributed by atoms with van der Waals surface area (Å²) in [4.78, 5) is 17.1. The van der Waals surface area contributed by atoms with Gasteiger partial charge in [0.15, 0.2) is 0 Å². The molecule has 1 aromatic heterocycles. The quantitative estimate of drug-likeness (QED) is 0.557. The fraction of sp³-hybridized carbons (Fsp3) is 0. The zero-order valence-corrected chi connectivity index (χ0v) is 8.93. The van der Waals surface area contributed by atoms with Crippen molar-refractivity contribution in [2.75, 3.05) is 5.73 Å². The highest BCUT2D eigenvalue weighted by atomic mass is 35.5. The van der Waals surface area contributed by atoms with Crippen molar-refractivity contribution in [1.29, 1.82) is 0 Å². The summed E-state index contributed by atoms with van der Waals surface area (Å²) in [7, 11) is 0. The van der Waals surface area contributed by atoms with Crippen LogP contribution in [0, 0.1) is 0 Å². The van der Waals surface area contributed by atoms with Crippen LogP contribution in [-0.2, 0) is 0 Å². The molecule has 0 atom stereocenters. The van der Waals surface area contributed by atoms with Crippen molar-refractivity contribution < 1.29 is 0 Å². The van der Waals surface area contributed by atoms with Gasteiger partial charge in [-0.15, -0.1) is 0 Å². The summed E-state index contributed by atoms with van der Waals surface area (Å²) in [5.74, 6) is 0. The summed E-state index contributed by atoms with van der Waals surface area (Å²) in [6.45, 7) is 0. The predicted molar refractivity (Wildman–Crippen MR) is 65.0 cm³/mol. The maximum atomic E-state index is 11.4. The predicted octanol–water partition coefficient (Wildman–Crippen LogP) is 2.20. The molecule has 0 unspecified atom stereocenters. The second-order valence-corrected chi connectivity index (χ2v) is 4.11. The number of nitrogens with two attached hydrogens (primary N) is 1. The zero-order chi connectivity index (χ0) is 11.3. The lowest BCUT2D eigenvalue weighted by atomic mass is 10.1. The van der Waals surface area contributed by atoms with Crippen LogP contribution in [0.4, 0.5) is 5.69 Å². The number of rotatable bonds is 0. The van der Waals surface area contributed by atoms with Crippen molar-refractivity contribution in [2.45, 2.75) is 0 Å². The zero-order valence-electron chi connectivity index (χ0n) is 8.17. The van der Waals surface area contributed by atoms with E-state index in [1.807, 2.05) is 12.1 Å². The molecule has 0 aromatic carbocycles. The van der Waals surface area contributed by atoms with Gasteiger partial charge in [0.05, 0.1) is 16.2 Å². The average molecular weight is 234 g/mol. The largest absolute Gasteiger partial charge is 0.394 e. The first kappa shape index (κ1) is 9.30. The molecule has 80 valence electrons. The summed E-state index contributed by atoms with van der Waals surface area (Å²) in [5, 5.41) is 1.51. The fourth-order valence-corrected chi connectivity index (χ4v) is 2.03. The van der Waals surface area contributed by atoms with E-state index in [9.17, 15) is 4.79 Å². The van der Waals surface area contributed by atoms with Gasteiger partial charge in [0, 0.05) is 22.8 Å². The molecule has 2 heterocycles. The molecular formula is C11H8ClN3O. The maximum Gasteiger partial charge on any atom is 0.271 e. The molecule has 5 heteroatoms. The van der Waals surface area contributed by atoms with Crippen LogP contribution >= 0.6 is 11.6 Å². The number of anilines is 1. The monoisotopic (exact) mass is 233 g/mol. The van der Waals surface area contributed by atoms with Crippen molar-refractivity contribution in [1.82, 2.24) is 9.97 Å². The molecule has 4 N–H and O–H groups in total. The number of aromatic nitrogens is 2. The lowest BCUT2D eigenvalue weighted by Crippen LogP contribution is -2.10. The number of hydrogen-bond acceptors (Lipinski definition) is 2. The van der Waals surface area contributed by atoms with E-state index in [4.69, 9.17) is 17.3 Å². The molecule has 0 saturated carbocycles. The van der Waals surface area contributed by atoms with Gasteiger partial charge in [0.2, 0.25) is 0 Å². The van der Waals surface area contributed by atoms with E-state index >= 15 is 0 Å². The second-order valence-electron chi connectivity index (χ2n) is 3.67. The molecule has 1 aliphatic carbocycles. The Morgan fingerprint density at radius 1 is 1.25 bits per heavy atom. The lowest BCUT2D eigenvalue weighted by molar-refractivity contribution is 1.32. The Bertz CT molecular complexity index is 713. The van der Waals surface area contributed by atoms with Crippen LogP contribution in [0.5, 0.6) is 0 Å². The molecule has 2 aliphatic rings. The van der Waals surface area contributed by atoms with E-state index < -0.39 is 0 Å². The van der Waals surface area contributed by atoms with Gasteiger partial charge in [-0.1, -0.05) is 11.6 Å². The van der Waals surface area contributed by atoms with Gasteiger partial charge in [-0.3, -0.25) is 4.79 Å². The SMILES string of the molecule is Nc1cc2c3cc(Cl)c[nH]c-3cc2[nH]c1=O. The van der Waals surface area contributed by atoms with Crippen LogP contribution in [0.2, 0.25) is 5.02 Å². The van der Waals surface area contributed by atoms with E-state index in [0.717, 1.165) is 22.2 Å². The molecule has 0 radical (unpaired) electrons. The summed E-state index contributed by atoms with van der Waals surface area (Å²) >= 11 is 5.91. The van der Waals surface area contributed by atoms with Gasteiger partial charge in [-0.05, 0) is 18.2 Å². The van der Waals surface area contributed by atoms with Crippen molar-refractivity contribution in [3.05, 3.63) is 39.8 Å². The number of nitrogens with one attached hydrogen (secondary N) is 2. The van der Waals surface area contributed by atoms with Crippen LogP contribution in [0.25, 0.3) is 22.2 Å². The van der Waals surface area contributed by atoms with Crippen LogP contribution in [0.1, 0.15) is 0 Å². The average Bonchev–Trinajstić information content (AvgIpc) is 2.57. The van der Waals surface area contributed by atoms with Crippen LogP contribution in [0.15, 0.2) is 29.2 Å². The van der Waals surface area contributed by atoms with E-state index in [2.05, 4.69) is 9.97 Å². The van der Waals surface area contributed by atoms with Crippen LogP contribution < -0.4 is 11.3 Å². The molecule has 0 fully saturated rings. The van der Waals surface area contributed by atoms with E-state index in [0.29, 0.717) is 5.02 Å². The number of hydrogen-bond donors (Lipinski definition) is 3. The van der Waals surface area contributed by atoms with Gasteiger partial charge in [0.25, 0.3) is 5.56 Å². The Kier molecular flexibility index (Phi) is 1.76. The molecule has 1 aromatic rings. The first-order valence-corrected chi connectivity index (χ1v) is 5.12. The summed E-state index contributed by atoms with van der Waals surface area (Å²) < 4.78 is 0. The Hall–Kier alpha value is -1.94. The molecule has 0 amide bonds. The van der Waals surface area contributed by atoms with Crippen LogP contribution in [-0.4, -0.2) is 9.97 Å². The third-order valence-electron chi connectivity index (χ3n) is 2.62. The van der Waals surface area contributed by atoms with Gasteiger partial charge >= 0.3 is 0 Å². The first-order chi connectivity index (χ1) is 7.65. The summed E-state index contributed by atoms with van der Waals surface area (Å²) in [6, 6.07) is 5.37. The third kappa shape index (κ3) is 1.20. The number of halogens is 1. The van der Waals surface area contributed by atoms with Gasteiger partial charge in [0.1, 0.15) is 0 Å². The lowest BCUT2D eigenvalue weighted by Gasteiger charge is -2.00. The third-order valence-corrected chi connectivity index (χ3v) is 2.84. The Balaban J connectivity index is 2.52. The summed E-state index contributed by atoms with van der Waals surface area (Å²) in [5.41, 5.74) is 8.15. The molecule has 16 heavy (non-hydrogen) atoms. The Labute approximate surface area is 95.4 Å². The molecule has 0 bridgehead atoms. The number of nitrogen functional groups attached to an aromatic ring is 1. The van der Waals surface area contributed by atoms with Crippen molar-refractivity contribution in [2.24, 2.45) is 0 Å². The number of aromatic amines is 2. The van der Waals surface area contributed by atoms with Crippen molar-refractivity contribution >= 4 is 28.2 Å². The minimum atomic E-state index is -0.270. The van der Waals surface area contributed by atoms with Crippen molar-refractivity contribution in [3.63, 3.8) is 0 Å². The Morgan fingerprint density at radius 3 is 2.88 bits per heavy atom. The van der Waals surface area contributed by atoms with E-state index in [-0.39, 0.29) is 11.2 Å². The van der Waals surface area contributed by atoms with E-state index in [1.165, 1.54) is 0 Å². The number of H-pyrrole nitrogens is 2. The molecule has 3 rings (SSSR count). The number of pyridine rings is 2. The topological polar surface area (TPSA) is 74.7 Å². The normalized spacial score (nSPS) is 11.3. The summed E-state index contributed by atoms with van der Waals surface area (Å²) in [6.07, 6.45) is 1.70. The molecule has 4 nitrogen and oxygen atoms in total. The van der Waals surface area contributed by atoms with Gasteiger partial charge < -0.3 is 15.7 Å². The highest BCUT2D eigenvalue weighted by Crippen LogP contribution is 2.33. The molecule has 0 saturated heterocycles. The van der Waals surface area contributed by atoms with E-state index in [1.54, 1.807) is 12.3 Å². The second kappa shape index (κ2) is 3.02. The molecular weight excluding hydrogens is 226 g/mol. The Morgan fingerprint density at radius 2 is 2.06 bits per heavy atom. The highest BCUT2D eigenvalue weighted by molar-refractivity contribution is 6.31. The fourth-order valence-electron chi connectivity index (χ4n) is 1.87. The highest BCUT2D eigenvalue weighted by Gasteiger charge is 2.12. The van der Waals surface area contributed by atoms with Gasteiger partial charge in [-0.2, -0.15) is 0 Å². The minimum Gasteiger partial charge on any atom is -0.394 e. The first-order valence-electron chi connectivity index (χ1n) is 4.74. The minimum absolute atomic E-state index is 0.208. The molecule has 0 spiro atoms. The smallest absolute Gasteiger partial charge is 0.271 e. The number of fused-ring (bicyclic) bond motifs is 3. The standard InChI is InChI=1S/C11H8ClN3O/c12-5-1-6-7-2-8(13)11(16)15-10(7)3-9(6)14-4-5/h1-4,14H,13H2,(H,15,16).